The molecule has 1 fully saturated rings. The average Bonchev–Trinajstić information content (AvgIpc) is 3.16. The molecule has 1 aromatic rings. The predicted molar refractivity (Wildman–Crippen MR) is 63.4 cm³/mol. The zero-order chi connectivity index (χ0) is 12.1. The van der Waals surface area contributed by atoms with Crippen molar-refractivity contribution in [3.8, 4) is 11.8 Å². The summed E-state index contributed by atoms with van der Waals surface area (Å²) in [6.07, 6.45) is 2.10. The first-order valence-corrected chi connectivity index (χ1v) is 5.73. The topological polar surface area (TPSA) is 65.3 Å². The van der Waals surface area contributed by atoms with Gasteiger partial charge in [-0.1, -0.05) is 12.1 Å². The monoisotopic (exact) mass is 232 g/mol. The molecule has 1 aliphatic carbocycles. The van der Waals surface area contributed by atoms with E-state index < -0.39 is 0 Å². The number of aliphatic hydroxyl groups is 1. The molecule has 0 aliphatic heterocycles. The third-order valence-corrected chi connectivity index (χ3v) is 3.05. The second-order valence-corrected chi connectivity index (χ2v) is 4.38. The molecule has 0 radical (unpaired) electrons. The molecule has 17 heavy (non-hydrogen) atoms. The number of nitriles is 1. The fourth-order valence-corrected chi connectivity index (χ4v) is 1.65. The first-order valence-electron chi connectivity index (χ1n) is 5.73. The van der Waals surface area contributed by atoms with Gasteiger partial charge in [0.2, 0.25) is 0 Å². The molecular formula is C13H16N2O2. The molecule has 0 aromatic heterocycles. The van der Waals surface area contributed by atoms with Crippen LogP contribution in [0.3, 0.4) is 0 Å². The van der Waals surface area contributed by atoms with E-state index in [9.17, 15) is 0 Å². The second kappa shape index (κ2) is 5.17. The lowest BCUT2D eigenvalue weighted by Gasteiger charge is -2.14. The predicted octanol–water partition coefficient (Wildman–Crippen LogP) is 1.20. The highest BCUT2D eigenvalue weighted by molar-refractivity contribution is 5.27. The smallest absolute Gasteiger partial charge is 0.174 e. The summed E-state index contributed by atoms with van der Waals surface area (Å²) in [7, 11) is 0. The van der Waals surface area contributed by atoms with Gasteiger partial charge < -0.3 is 15.2 Å². The maximum Gasteiger partial charge on any atom is 0.174 e. The van der Waals surface area contributed by atoms with E-state index >= 15 is 0 Å². The highest BCUT2D eigenvalue weighted by Gasteiger charge is 2.41. The van der Waals surface area contributed by atoms with Crippen molar-refractivity contribution in [3.63, 3.8) is 0 Å². The van der Waals surface area contributed by atoms with Crippen LogP contribution in [0.15, 0.2) is 24.3 Å². The standard InChI is InChI=1S/C13H16N2O2/c14-7-8-17-12-3-1-11(2-4-12)9-15-13(10-16)5-6-13/h1-4,15-16H,5-6,8-10H2. The minimum absolute atomic E-state index is 0.0318. The minimum atomic E-state index is -0.0318. The van der Waals surface area contributed by atoms with Crippen LogP contribution in [-0.4, -0.2) is 23.9 Å². The number of hydrogen-bond donors (Lipinski definition) is 2. The molecule has 0 spiro atoms. The van der Waals surface area contributed by atoms with Crippen molar-refractivity contribution in [1.29, 1.82) is 5.26 Å². The Balaban J connectivity index is 1.84. The molecule has 4 heteroatoms. The summed E-state index contributed by atoms with van der Waals surface area (Å²) in [5.41, 5.74) is 1.12. The van der Waals surface area contributed by atoms with Gasteiger partial charge in [-0.3, -0.25) is 0 Å². The van der Waals surface area contributed by atoms with Gasteiger partial charge in [-0.15, -0.1) is 0 Å². The SMILES string of the molecule is N#CCOc1ccc(CNC2(CO)CC2)cc1. The fraction of sp³-hybridized carbons (Fsp3) is 0.462. The summed E-state index contributed by atoms with van der Waals surface area (Å²) in [6.45, 7) is 1.03. The Morgan fingerprint density at radius 1 is 1.35 bits per heavy atom. The van der Waals surface area contributed by atoms with Gasteiger partial charge >= 0.3 is 0 Å². The van der Waals surface area contributed by atoms with Gasteiger partial charge in [-0.05, 0) is 30.5 Å². The average molecular weight is 232 g/mol. The van der Waals surface area contributed by atoms with Crippen LogP contribution in [0.5, 0.6) is 5.75 Å². The largest absolute Gasteiger partial charge is 0.479 e. The molecule has 0 amide bonds. The molecule has 1 aliphatic rings. The van der Waals surface area contributed by atoms with Gasteiger partial charge in [-0.2, -0.15) is 5.26 Å². The summed E-state index contributed by atoms with van der Waals surface area (Å²) in [5, 5.41) is 20.9. The van der Waals surface area contributed by atoms with Gasteiger partial charge in [0.1, 0.15) is 11.8 Å². The summed E-state index contributed by atoms with van der Waals surface area (Å²) in [5.74, 6) is 0.707. The molecule has 0 unspecified atom stereocenters. The lowest BCUT2D eigenvalue weighted by molar-refractivity contribution is 0.229. The number of nitrogens with one attached hydrogen (secondary N) is 1. The van der Waals surface area contributed by atoms with Gasteiger partial charge in [0, 0.05) is 12.1 Å². The third-order valence-electron chi connectivity index (χ3n) is 3.05. The van der Waals surface area contributed by atoms with Crippen molar-refractivity contribution in [2.24, 2.45) is 0 Å². The van der Waals surface area contributed by atoms with E-state index in [1.807, 2.05) is 30.3 Å². The van der Waals surface area contributed by atoms with E-state index in [1.54, 1.807) is 0 Å². The van der Waals surface area contributed by atoms with Crippen molar-refractivity contribution in [2.45, 2.75) is 24.9 Å². The Kier molecular flexibility index (Phi) is 3.62. The van der Waals surface area contributed by atoms with E-state index in [4.69, 9.17) is 15.1 Å². The number of benzene rings is 1. The van der Waals surface area contributed by atoms with Crippen LogP contribution < -0.4 is 10.1 Å². The van der Waals surface area contributed by atoms with Crippen LogP contribution in [0.4, 0.5) is 0 Å². The Bertz CT molecular complexity index is 404. The summed E-state index contributed by atoms with van der Waals surface area (Å²) in [4.78, 5) is 0. The molecule has 1 saturated carbocycles. The van der Waals surface area contributed by atoms with E-state index in [0.29, 0.717) is 5.75 Å². The van der Waals surface area contributed by atoms with Crippen LogP contribution in [-0.2, 0) is 6.54 Å². The van der Waals surface area contributed by atoms with E-state index in [0.717, 1.165) is 24.9 Å². The number of hydrogen-bond acceptors (Lipinski definition) is 4. The van der Waals surface area contributed by atoms with Gasteiger partial charge in [0.05, 0.1) is 6.61 Å². The molecule has 90 valence electrons. The highest BCUT2D eigenvalue weighted by Crippen LogP contribution is 2.34. The molecular weight excluding hydrogens is 216 g/mol. The molecule has 1 aromatic carbocycles. The number of ether oxygens (including phenoxy) is 1. The van der Waals surface area contributed by atoms with E-state index in [-0.39, 0.29) is 18.8 Å². The zero-order valence-corrected chi connectivity index (χ0v) is 9.65. The maximum absolute atomic E-state index is 9.16. The normalized spacial score (nSPS) is 16.2. The van der Waals surface area contributed by atoms with Crippen LogP contribution >= 0.6 is 0 Å². The van der Waals surface area contributed by atoms with Gasteiger partial charge in [-0.25, -0.2) is 0 Å². The zero-order valence-electron chi connectivity index (χ0n) is 9.65. The van der Waals surface area contributed by atoms with Gasteiger partial charge in [0.25, 0.3) is 0 Å². The summed E-state index contributed by atoms with van der Waals surface area (Å²) in [6, 6.07) is 9.57. The van der Waals surface area contributed by atoms with Crippen molar-refractivity contribution < 1.29 is 9.84 Å². The molecule has 0 saturated heterocycles. The molecule has 2 rings (SSSR count). The quantitative estimate of drug-likeness (QED) is 0.773. The van der Waals surface area contributed by atoms with Crippen molar-refractivity contribution in [2.75, 3.05) is 13.2 Å². The molecule has 0 bridgehead atoms. The maximum atomic E-state index is 9.16. The third kappa shape index (κ3) is 3.19. The second-order valence-electron chi connectivity index (χ2n) is 4.38. The van der Waals surface area contributed by atoms with E-state index in [1.165, 1.54) is 0 Å². The molecule has 0 heterocycles. The summed E-state index contributed by atoms with van der Waals surface area (Å²) < 4.78 is 5.17. The Labute approximate surface area is 101 Å². The van der Waals surface area contributed by atoms with Crippen molar-refractivity contribution >= 4 is 0 Å². The summed E-state index contributed by atoms with van der Waals surface area (Å²) >= 11 is 0. The van der Waals surface area contributed by atoms with Crippen molar-refractivity contribution in [1.82, 2.24) is 5.32 Å². The Morgan fingerprint density at radius 2 is 2.06 bits per heavy atom. The molecule has 4 nitrogen and oxygen atoms in total. The lowest BCUT2D eigenvalue weighted by Crippen LogP contribution is -2.34. The van der Waals surface area contributed by atoms with Gasteiger partial charge in [0.15, 0.2) is 6.61 Å². The minimum Gasteiger partial charge on any atom is -0.479 e. The highest BCUT2D eigenvalue weighted by atomic mass is 16.5. The van der Waals surface area contributed by atoms with Crippen LogP contribution in [0.2, 0.25) is 0 Å². The fourth-order valence-electron chi connectivity index (χ4n) is 1.65. The van der Waals surface area contributed by atoms with Crippen LogP contribution in [0, 0.1) is 11.3 Å². The Hall–Kier alpha value is -1.57. The van der Waals surface area contributed by atoms with Crippen LogP contribution in [0.25, 0.3) is 0 Å². The number of rotatable bonds is 6. The molecule has 2 N–H and O–H groups in total. The Morgan fingerprint density at radius 3 is 2.59 bits per heavy atom. The first kappa shape index (κ1) is 11.9. The van der Waals surface area contributed by atoms with E-state index in [2.05, 4.69) is 5.32 Å². The van der Waals surface area contributed by atoms with Crippen LogP contribution in [0.1, 0.15) is 18.4 Å². The van der Waals surface area contributed by atoms with Crippen molar-refractivity contribution in [3.05, 3.63) is 29.8 Å². The lowest BCUT2D eigenvalue weighted by atomic mass is 10.2. The number of aliphatic hydroxyl groups excluding tert-OH is 1. The first-order chi connectivity index (χ1) is 8.28. The number of nitrogens with zero attached hydrogens (tertiary/aromatic N) is 1. The molecule has 0 atom stereocenters.